The number of nitrogens with two attached hydrogens (primary N) is 1. The van der Waals surface area contributed by atoms with Crippen LogP contribution < -0.4 is 11.1 Å². The Labute approximate surface area is 131 Å². The number of nitrogen functional groups attached to an aromatic ring is 1. The van der Waals surface area contributed by atoms with Crippen molar-refractivity contribution in [1.29, 1.82) is 0 Å². The molecule has 4 nitrogen and oxygen atoms in total. The van der Waals surface area contributed by atoms with E-state index in [1.165, 1.54) is 11.5 Å². The predicted molar refractivity (Wildman–Crippen MR) is 88.5 cm³/mol. The number of hydrogen-bond donors (Lipinski definition) is 2. The number of anilines is 2. The zero-order valence-electron chi connectivity index (χ0n) is 11.1. The average molecular weight is 317 g/mol. The van der Waals surface area contributed by atoms with E-state index in [2.05, 4.69) is 14.7 Å². The van der Waals surface area contributed by atoms with E-state index in [0.717, 1.165) is 26.7 Å². The summed E-state index contributed by atoms with van der Waals surface area (Å²) in [5.74, 6) is 0.520. The van der Waals surface area contributed by atoms with E-state index in [1.54, 1.807) is 12.4 Å². The first-order valence-electron chi connectivity index (χ1n) is 6.38. The molecular weight excluding hydrogens is 304 g/mol. The largest absolute Gasteiger partial charge is 0.382 e. The van der Waals surface area contributed by atoms with Crippen LogP contribution in [0.5, 0.6) is 0 Å². The molecule has 0 saturated heterocycles. The van der Waals surface area contributed by atoms with E-state index in [9.17, 15) is 0 Å². The van der Waals surface area contributed by atoms with E-state index in [1.807, 2.05) is 36.4 Å². The lowest BCUT2D eigenvalue weighted by Crippen LogP contribution is -1.99. The van der Waals surface area contributed by atoms with E-state index >= 15 is 0 Å². The van der Waals surface area contributed by atoms with Crippen LogP contribution in [-0.2, 0) is 6.54 Å². The number of halogens is 1. The molecule has 0 amide bonds. The molecule has 0 radical (unpaired) electrons. The van der Waals surface area contributed by atoms with Gasteiger partial charge < -0.3 is 11.1 Å². The van der Waals surface area contributed by atoms with Crippen LogP contribution in [0.2, 0.25) is 5.02 Å². The van der Waals surface area contributed by atoms with Crippen LogP contribution in [0.1, 0.15) is 5.56 Å². The highest BCUT2D eigenvalue weighted by Crippen LogP contribution is 2.36. The molecule has 0 aliphatic heterocycles. The first-order valence-corrected chi connectivity index (χ1v) is 7.53. The van der Waals surface area contributed by atoms with Crippen molar-refractivity contribution >= 4 is 34.0 Å². The molecule has 2 aromatic heterocycles. The molecule has 6 heteroatoms. The Morgan fingerprint density at radius 2 is 2.00 bits per heavy atom. The molecule has 106 valence electrons. The minimum absolute atomic E-state index is 0.520. The number of aromatic nitrogens is 2. The van der Waals surface area contributed by atoms with Gasteiger partial charge in [-0.2, -0.15) is 4.37 Å². The van der Waals surface area contributed by atoms with Crippen LogP contribution in [-0.4, -0.2) is 9.36 Å². The van der Waals surface area contributed by atoms with Gasteiger partial charge >= 0.3 is 0 Å². The molecule has 0 atom stereocenters. The zero-order chi connectivity index (χ0) is 14.7. The summed E-state index contributed by atoms with van der Waals surface area (Å²) in [4.78, 5) is 4.13. The van der Waals surface area contributed by atoms with Crippen molar-refractivity contribution in [1.82, 2.24) is 9.36 Å². The van der Waals surface area contributed by atoms with Crippen LogP contribution in [0.15, 0.2) is 48.8 Å². The molecule has 0 spiro atoms. The number of hydrogen-bond acceptors (Lipinski definition) is 5. The predicted octanol–water partition coefficient (Wildman–Crippen LogP) is 4.05. The fourth-order valence-electron chi connectivity index (χ4n) is 2.00. The van der Waals surface area contributed by atoms with E-state index in [-0.39, 0.29) is 0 Å². The molecule has 2 heterocycles. The minimum atomic E-state index is 0.520. The second-order valence-corrected chi connectivity index (χ2v) is 5.70. The van der Waals surface area contributed by atoms with Gasteiger partial charge in [0.1, 0.15) is 10.8 Å². The van der Waals surface area contributed by atoms with Crippen molar-refractivity contribution in [2.75, 3.05) is 11.1 Å². The number of nitrogens with one attached hydrogen (secondary N) is 1. The molecule has 3 aromatic rings. The Morgan fingerprint density at radius 3 is 2.71 bits per heavy atom. The minimum Gasteiger partial charge on any atom is -0.382 e. The summed E-state index contributed by atoms with van der Waals surface area (Å²) in [6.07, 6.45) is 3.52. The van der Waals surface area contributed by atoms with Crippen molar-refractivity contribution in [3.63, 3.8) is 0 Å². The summed E-state index contributed by atoms with van der Waals surface area (Å²) in [6.45, 7) is 0.687. The Balaban J connectivity index is 1.82. The lowest BCUT2D eigenvalue weighted by molar-refractivity contribution is 1.16. The van der Waals surface area contributed by atoms with Gasteiger partial charge in [0.25, 0.3) is 0 Å². The Bertz CT molecular complexity index is 725. The topological polar surface area (TPSA) is 63.8 Å². The van der Waals surface area contributed by atoms with Gasteiger partial charge in [0, 0.05) is 29.5 Å². The van der Waals surface area contributed by atoms with Crippen LogP contribution in [0.4, 0.5) is 10.8 Å². The highest BCUT2D eigenvalue weighted by atomic mass is 35.5. The molecule has 0 bridgehead atoms. The zero-order valence-corrected chi connectivity index (χ0v) is 12.7. The second-order valence-electron chi connectivity index (χ2n) is 4.49. The monoisotopic (exact) mass is 316 g/mol. The molecule has 3 rings (SSSR count). The standard InChI is InChI=1S/C15H13ClN4S/c16-12-5-3-10(4-6-12)8-19-15-13(14(17)20-21-15)11-2-1-7-18-9-11/h1-7,9,19H,8H2,(H2,17,20). The molecule has 0 saturated carbocycles. The number of benzene rings is 1. The van der Waals surface area contributed by atoms with Crippen LogP contribution in [0.25, 0.3) is 11.1 Å². The molecular formula is C15H13ClN4S. The highest BCUT2D eigenvalue weighted by molar-refractivity contribution is 7.11. The summed E-state index contributed by atoms with van der Waals surface area (Å²) in [5.41, 5.74) is 8.98. The fourth-order valence-corrected chi connectivity index (χ4v) is 2.85. The lowest BCUT2D eigenvalue weighted by Gasteiger charge is -2.07. The number of rotatable bonds is 4. The first-order chi connectivity index (χ1) is 10.2. The van der Waals surface area contributed by atoms with Crippen molar-refractivity contribution in [2.45, 2.75) is 6.54 Å². The van der Waals surface area contributed by atoms with Crippen molar-refractivity contribution in [3.05, 3.63) is 59.4 Å². The van der Waals surface area contributed by atoms with Gasteiger partial charge in [-0.3, -0.25) is 4.98 Å². The molecule has 0 unspecified atom stereocenters. The molecule has 0 fully saturated rings. The lowest BCUT2D eigenvalue weighted by atomic mass is 10.1. The third kappa shape index (κ3) is 3.15. The van der Waals surface area contributed by atoms with Gasteiger partial charge in [0.05, 0.1) is 5.56 Å². The molecule has 1 aromatic carbocycles. The van der Waals surface area contributed by atoms with Crippen LogP contribution >= 0.6 is 23.1 Å². The third-order valence-electron chi connectivity index (χ3n) is 3.04. The van der Waals surface area contributed by atoms with Crippen molar-refractivity contribution in [2.24, 2.45) is 0 Å². The second kappa shape index (κ2) is 6.11. The van der Waals surface area contributed by atoms with Crippen molar-refractivity contribution in [3.8, 4) is 11.1 Å². The summed E-state index contributed by atoms with van der Waals surface area (Å²) in [5, 5.41) is 5.05. The van der Waals surface area contributed by atoms with Crippen LogP contribution in [0, 0.1) is 0 Å². The van der Waals surface area contributed by atoms with Crippen LogP contribution in [0.3, 0.4) is 0 Å². The number of pyridine rings is 1. The van der Waals surface area contributed by atoms with Crippen molar-refractivity contribution < 1.29 is 0 Å². The maximum atomic E-state index is 5.98. The maximum Gasteiger partial charge on any atom is 0.147 e. The fraction of sp³-hybridized carbons (Fsp3) is 0.0667. The Kier molecular flexibility index (Phi) is 4.03. The summed E-state index contributed by atoms with van der Waals surface area (Å²) < 4.78 is 4.23. The van der Waals surface area contributed by atoms with Gasteiger partial charge in [0.15, 0.2) is 0 Å². The van der Waals surface area contributed by atoms with E-state index in [0.29, 0.717) is 12.4 Å². The van der Waals surface area contributed by atoms with E-state index in [4.69, 9.17) is 17.3 Å². The number of nitrogens with zero attached hydrogens (tertiary/aromatic N) is 2. The maximum absolute atomic E-state index is 5.98. The van der Waals surface area contributed by atoms with Gasteiger partial charge in [0.2, 0.25) is 0 Å². The Hall–Kier alpha value is -2.11. The SMILES string of the molecule is Nc1nsc(NCc2ccc(Cl)cc2)c1-c1cccnc1. The third-order valence-corrected chi connectivity index (χ3v) is 4.11. The quantitative estimate of drug-likeness (QED) is 0.762. The van der Waals surface area contributed by atoms with Gasteiger partial charge in [-0.15, -0.1) is 0 Å². The Morgan fingerprint density at radius 1 is 1.19 bits per heavy atom. The van der Waals surface area contributed by atoms with Gasteiger partial charge in [-0.25, -0.2) is 0 Å². The normalized spacial score (nSPS) is 10.5. The van der Waals surface area contributed by atoms with E-state index < -0.39 is 0 Å². The molecule has 0 aliphatic carbocycles. The summed E-state index contributed by atoms with van der Waals surface area (Å²) in [6, 6.07) is 11.6. The average Bonchev–Trinajstić information content (AvgIpc) is 2.88. The first kappa shape index (κ1) is 13.9. The smallest absolute Gasteiger partial charge is 0.147 e. The highest BCUT2D eigenvalue weighted by Gasteiger charge is 2.13. The molecule has 3 N–H and O–H groups in total. The van der Waals surface area contributed by atoms with Gasteiger partial charge in [-0.05, 0) is 35.3 Å². The summed E-state index contributed by atoms with van der Waals surface area (Å²) in [7, 11) is 0. The molecule has 0 aliphatic rings. The van der Waals surface area contributed by atoms with Gasteiger partial charge in [-0.1, -0.05) is 29.8 Å². The summed E-state index contributed by atoms with van der Waals surface area (Å²) >= 11 is 7.24. The molecule has 21 heavy (non-hydrogen) atoms.